The molecule has 2 aromatic carbocycles. The fraction of sp³-hybridized carbons (Fsp3) is 0.391. The fourth-order valence-electron chi connectivity index (χ4n) is 3.98. The van der Waals surface area contributed by atoms with E-state index >= 15 is 0 Å². The number of anilines is 2. The van der Waals surface area contributed by atoms with Crippen LogP contribution in [0.3, 0.4) is 0 Å². The molecule has 1 saturated heterocycles. The standard InChI is InChI=1S/C23H29N3O3/c1-16-12-17(2)14-26(13-16)15-22(27)25-21-7-5-4-6-20(21)23(28)24-18-8-10-19(29-3)11-9-18/h4-11,16-17H,12-15H2,1-3H3,(H,24,28)(H,25,27)/t16-,17+. The Morgan fingerprint density at radius 2 is 1.66 bits per heavy atom. The number of para-hydroxylation sites is 1. The molecule has 2 aromatic rings. The number of rotatable bonds is 6. The Hall–Kier alpha value is -2.86. The van der Waals surface area contributed by atoms with Gasteiger partial charge in [-0.2, -0.15) is 0 Å². The minimum atomic E-state index is -0.272. The van der Waals surface area contributed by atoms with Gasteiger partial charge in [0.05, 0.1) is 24.9 Å². The van der Waals surface area contributed by atoms with Crippen LogP contribution in [0, 0.1) is 11.8 Å². The number of piperidine rings is 1. The molecule has 0 aliphatic carbocycles. The van der Waals surface area contributed by atoms with E-state index in [1.54, 1.807) is 49.6 Å². The van der Waals surface area contributed by atoms with Crippen LogP contribution >= 0.6 is 0 Å². The van der Waals surface area contributed by atoms with Crippen LogP contribution in [0.5, 0.6) is 5.75 Å². The van der Waals surface area contributed by atoms with E-state index in [4.69, 9.17) is 4.74 Å². The first-order chi connectivity index (χ1) is 13.9. The minimum Gasteiger partial charge on any atom is -0.497 e. The molecule has 1 aliphatic heterocycles. The topological polar surface area (TPSA) is 70.7 Å². The molecule has 0 aromatic heterocycles. The van der Waals surface area contributed by atoms with Crippen LogP contribution in [0.2, 0.25) is 0 Å². The zero-order valence-corrected chi connectivity index (χ0v) is 17.3. The molecule has 0 unspecified atom stereocenters. The van der Waals surface area contributed by atoms with Crippen molar-refractivity contribution in [3.05, 3.63) is 54.1 Å². The van der Waals surface area contributed by atoms with Crippen LogP contribution < -0.4 is 15.4 Å². The van der Waals surface area contributed by atoms with Gasteiger partial charge in [0.25, 0.3) is 5.91 Å². The molecule has 1 heterocycles. The number of nitrogens with one attached hydrogen (secondary N) is 2. The van der Waals surface area contributed by atoms with Crippen molar-refractivity contribution in [2.24, 2.45) is 11.8 Å². The molecule has 0 spiro atoms. The van der Waals surface area contributed by atoms with Crippen molar-refractivity contribution in [3.63, 3.8) is 0 Å². The maximum absolute atomic E-state index is 12.7. The first-order valence-corrected chi connectivity index (χ1v) is 10.0. The molecule has 0 bridgehead atoms. The molecule has 0 radical (unpaired) electrons. The van der Waals surface area contributed by atoms with Crippen molar-refractivity contribution in [1.82, 2.24) is 4.90 Å². The number of carbonyl (C=O) groups excluding carboxylic acids is 2. The first-order valence-electron chi connectivity index (χ1n) is 10.0. The van der Waals surface area contributed by atoms with Crippen LogP contribution in [-0.4, -0.2) is 43.5 Å². The molecule has 6 heteroatoms. The summed E-state index contributed by atoms with van der Waals surface area (Å²) >= 11 is 0. The Kier molecular flexibility index (Phi) is 6.88. The van der Waals surface area contributed by atoms with Crippen molar-refractivity contribution < 1.29 is 14.3 Å². The van der Waals surface area contributed by atoms with Crippen molar-refractivity contribution >= 4 is 23.2 Å². The number of carbonyl (C=O) groups is 2. The summed E-state index contributed by atoms with van der Waals surface area (Å²) in [6.07, 6.45) is 1.20. The lowest BCUT2D eigenvalue weighted by molar-refractivity contribution is -0.117. The largest absolute Gasteiger partial charge is 0.497 e. The molecular weight excluding hydrogens is 366 g/mol. The van der Waals surface area contributed by atoms with Crippen LogP contribution in [0.4, 0.5) is 11.4 Å². The van der Waals surface area contributed by atoms with Gasteiger partial charge in [-0.25, -0.2) is 0 Å². The number of benzene rings is 2. The second-order valence-corrected chi connectivity index (χ2v) is 7.92. The highest BCUT2D eigenvalue weighted by Crippen LogP contribution is 2.22. The number of nitrogens with zero attached hydrogens (tertiary/aromatic N) is 1. The third kappa shape index (κ3) is 5.81. The van der Waals surface area contributed by atoms with Crippen LogP contribution in [0.25, 0.3) is 0 Å². The molecule has 2 amide bonds. The quantitative estimate of drug-likeness (QED) is 0.779. The van der Waals surface area contributed by atoms with Gasteiger partial charge >= 0.3 is 0 Å². The van der Waals surface area contributed by atoms with E-state index in [1.165, 1.54) is 6.42 Å². The van der Waals surface area contributed by atoms with Gasteiger partial charge in [0.1, 0.15) is 5.75 Å². The molecule has 0 saturated carbocycles. The van der Waals surface area contributed by atoms with E-state index in [0.29, 0.717) is 35.3 Å². The average molecular weight is 396 g/mol. The fourth-order valence-corrected chi connectivity index (χ4v) is 3.98. The van der Waals surface area contributed by atoms with Crippen molar-refractivity contribution in [3.8, 4) is 5.75 Å². The predicted molar refractivity (Wildman–Crippen MR) is 115 cm³/mol. The maximum atomic E-state index is 12.7. The van der Waals surface area contributed by atoms with E-state index < -0.39 is 0 Å². The van der Waals surface area contributed by atoms with Crippen LogP contribution in [-0.2, 0) is 4.79 Å². The Morgan fingerprint density at radius 3 is 2.31 bits per heavy atom. The number of likely N-dealkylation sites (tertiary alicyclic amines) is 1. The lowest BCUT2D eigenvalue weighted by Crippen LogP contribution is -2.43. The summed E-state index contributed by atoms with van der Waals surface area (Å²) in [4.78, 5) is 27.5. The number of ether oxygens (including phenoxy) is 1. The molecule has 2 N–H and O–H groups in total. The highest BCUT2D eigenvalue weighted by Gasteiger charge is 2.23. The summed E-state index contributed by atoms with van der Waals surface area (Å²) in [7, 11) is 1.59. The summed E-state index contributed by atoms with van der Waals surface area (Å²) in [6.45, 7) is 6.64. The number of amides is 2. The van der Waals surface area contributed by atoms with Crippen LogP contribution in [0.1, 0.15) is 30.6 Å². The number of hydrogen-bond acceptors (Lipinski definition) is 4. The molecule has 3 rings (SSSR count). The normalized spacial score (nSPS) is 19.4. The summed E-state index contributed by atoms with van der Waals surface area (Å²) in [6, 6.07) is 14.2. The summed E-state index contributed by atoms with van der Waals surface area (Å²) in [5.74, 6) is 1.53. The van der Waals surface area contributed by atoms with E-state index in [0.717, 1.165) is 18.8 Å². The third-order valence-corrected chi connectivity index (χ3v) is 5.11. The van der Waals surface area contributed by atoms with Gasteiger partial charge in [0.15, 0.2) is 0 Å². The van der Waals surface area contributed by atoms with Gasteiger partial charge in [0, 0.05) is 18.8 Å². The van der Waals surface area contributed by atoms with E-state index in [2.05, 4.69) is 29.4 Å². The van der Waals surface area contributed by atoms with E-state index in [-0.39, 0.29) is 11.8 Å². The molecule has 154 valence electrons. The Labute approximate surface area is 172 Å². The van der Waals surface area contributed by atoms with Gasteiger partial charge in [-0.05, 0) is 54.7 Å². The zero-order chi connectivity index (χ0) is 20.8. The molecular formula is C23H29N3O3. The lowest BCUT2D eigenvalue weighted by Gasteiger charge is -2.34. The van der Waals surface area contributed by atoms with Gasteiger partial charge < -0.3 is 15.4 Å². The summed E-state index contributed by atoms with van der Waals surface area (Å²) < 4.78 is 5.13. The summed E-state index contributed by atoms with van der Waals surface area (Å²) in [5.41, 5.74) is 1.60. The SMILES string of the molecule is COc1ccc(NC(=O)c2ccccc2NC(=O)CN2C[C@H](C)C[C@H](C)C2)cc1. The van der Waals surface area contributed by atoms with Crippen LogP contribution in [0.15, 0.2) is 48.5 Å². The Morgan fingerprint density at radius 1 is 1.00 bits per heavy atom. The summed E-state index contributed by atoms with van der Waals surface area (Å²) in [5, 5.41) is 5.77. The van der Waals surface area contributed by atoms with Gasteiger partial charge in [-0.15, -0.1) is 0 Å². The number of hydrogen-bond donors (Lipinski definition) is 2. The molecule has 1 fully saturated rings. The first kappa shape index (κ1) is 20.9. The van der Waals surface area contributed by atoms with Gasteiger partial charge in [0.2, 0.25) is 5.91 Å². The third-order valence-electron chi connectivity index (χ3n) is 5.11. The van der Waals surface area contributed by atoms with Crippen molar-refractivity contribution in [2.45, 2.75) is 20.3 Å². The van der Waals surface area contributed by atoms with E-state index in [9.17, 15) is 9.59 Å². The zero-order valence-electron chi connectivity index (χ0n) is 17.3. The minimum absolute atomic E-state index is 0.101. The smallest absolute Gasteiger partial charge is 0.257 e. The second-order valence-electron chi connectivity index (χ2n) is 7.92. The van der Waals surface area contributed by atoms with Gasteiger partial charge in [-0.3, -0.25) is 14.5 Å². The highest BCUT2D eigenvalue weighted by molar-refractivity contribution is 6.10. The Balaban J connectivity index is 1.64. The molecule has 1 aliphatic rings. The lowest BCUT2D eigenvalue weighted by atomic mass is 9.92. The monoisotopic (exact) mass is 395 g/mol. The predicted octanol–water partition coefficient (Wildman–Crippen LogP) is 3.86. The Bertz CT molecular complexity index is 841. The van der Waals surface area contributed by atoms with Gasteiger partial charge in [-0.1, -0.05) is 26.0 Å². The van der Waals surface area contributed by atoms with Crippen molar-refractivity contribution in [1.29, 1.82) is 0 Å². The van der Waals surface area contributed by atoms with E-state index in [1.807, 2.05) is 6.07 Å². The second kappa shape index (κ2) is 9.56. The highest BCUT2D eigenvalue weighted by atomic mass is 16.5. The van der Waals surface area contributed by atoms with Crippen molar-refractivity contribution in [2.75, 3.05) is 37.4 Å². The number of methoxy groups -OCH3 is 1. The average Bonchev–Trinajstić information content (AvgIpc) is 2.68. The maximum Gasteiger partial charge on any atom is 0.257 e. The molecule has 6 nitrogen and oxygen atoms in total. The molecule has 2 atom stereocenters. The molecule has 29 heavy (non-hydrogen) atoms.